The molecule has 0 unspecified atom stereocenters. The molecule has 0 saturated carbocycles. The van der Waals surface area contributed by atoms with E-state index in [1.807, 2.05) is 24.3 Å². The highest BCUT2D eigenvalue weighted by Crippen LogP contribution is 2.34. The summed E-state index contributed by atoms with van der Waals surface area (Å²) in [5, 5.41) is 6.05. The summed E-state index contributed by atoms with van der Waals surface area (Å²) in [6, 6.07) is 42.2. The second-order valence-electron chi connectivity index (χ2n) is 8.24. The molecule has 6 rings (SSSR count). The topological polar surface area (TPSA) is 43.0 Å². The fourth-order valence-corrected chi connectivity index (χ4v) is 4.49. The standard InChI is InChI=1S/C30H23N3/c31-23-14-10-21(11-15-23)22-12-16-24(17-13-22)32-25-18-19-30-28(20-25)27-8-4-5-9-29(27)33(30)26-6-2-1-3-7-26/h1-20,32H,31H2. The fraction of sp³-hybridized carbons (Fsp3) is 0. The molecule has 0 bridgehead atoms. The number of aromatic nitrogens is 1. The van der Waals surface area contributed by atoms with Gasteiger partial charge in [-0.2, -0.15) is 0 Å². The van der Waals surface area contributed by atoms with Crippen LogP contribution in [0.1, 0.15) is 0 Å². The molecule has 3 heteroatoms. The van der Waals surface area contributed by atoms with Crippen molar-refractivity contribution in [1.29, 1.82) is 0 Å². The van der Waals surface area contributed by atoms with Crippen LogP contribution >= 0.6 is 0 Å². The van der Waals surface area contributed by atoms with Gasteiger partial charge in [-0.1, -0.05) is 60.7 Å². The smallest absolute Gasteiger partial charge is 0.0542 e. The van der Waals surface area contributed by atoms with E-state index in [0.717, 1.165) is 22.6 Å². The van der Waals surface area contributed by atoms with Crippen molar-refractivity contribution in [3.8, 4) is 16.8 Å². The average molecular weight is 426 g/mol. The number of rotatable bonds is 4. The van der Waals surface area contributed by atoms with Gasteiger partial charge in [0, 0.05) is 33.5 Å². The SMILES string of the molecule is Nc1ccc(-c2ccc(Nc3ccc4c(c3)c3ccccc3n4-c3ccccc3)cc2)cc1. The molecule has 1 aromatic heterocycles. The summed E-state index contributed by atoms with van der Waals surface area (Å²) >= 11 is 0. The molecule has 0 radical (unpaired) electrons. The number of nitrogens with zero attached hydrogens (tertiary/aromatic N) is 1. The predicted molar refractivity (Wildman–Crippen MR) is 140 cm³/mol. The van der Waals surface area contributed by atoms with E-state index in [0.29, 0.717) is 0 Å². The number of nitrogens with one attached hydrogen (secondary N) is 1. The van der Waals surface area contributed by atoms with Gasteiger partial charge in [-0.3, -0.25) is 0 Å². The van der Waals surface area contributed by atoms with Crippen LogP contribution in [0.5, 0.6) is 0 Å². The first kappa shape index (κ1) is 19.2. The minimum atomic E-state index is 0.779. The third kappa shape index (κ3) is 3.50. The molecule has 3 N–H and O–H groups in total. The normalized spacial score (nSPS) is 11.2. The maximum atomic E-state index is 5.81. The number of anilines is 3. The van der Waals surface area contributed by atoms with Crippen molar-refractivity contribution < 1.29 is 0 Å². The van der Waals surface area contributed by atoms with Gasteiger partial charge in [0.2, 0.25) is 0 Å². The Morgan fingerprint density at radius 2 is 1.12 bits per heavy atom. The molecule has 1 heterocycles. The largest absolute Gasteiger partial charge is 0.399 e. The van der Waals surface area contributed by atoms with Crippen molar-refractivity contribution in [3.05, 3.63) is 121 Å². The lowest BCUT2D eigenvalue weighted by Gasteiger charge is -2.10. The zero-order chi connectivity index (χ0) is 22.2. The Bertz CT molecular complexity index is 1560. The highest BCUT2D eigenvalue weighted by molar-refractivity contribution is 6.10. The highest BCUT2D eigenvalue weighted by atomic mass is 15.0. The maximum absolute atomic E-state index is 5.81. The summed E-state index contributed by atoms with van der Waals surface area (Å²) in [6.07, 6.45) is 0. The first-order valence-electron chi connectivity index (χ1n) is 11.1. The lowest BCUT2D eigenvalue weighted by Crippen LogP contribution is -1.93. The third-order valence-corrected chi connectivity index (χ3v) is 6.10. The number of nitrogen functional groups attached to an aromatic ring is 1. The van der Waals surface area contributed by atoms with Gasteiger partial charge in [-0.05, 0) is 71.8 Å². The molecule has 158 valence electrons. The number of hydrogen-bond donors (Lipinski definition) is 2. The molecule has 33 heavy (non-hydrogen) atoms. The van der Waals surface area contributed by atoms with Crippen LogP contribution in [0.15, 0.2) is 121 Å². The molecule has 0 amide bonds. The minimum Gasteiger partial charge on any atom is -0.399 e. The van der Waals surface area contributed by atoms with E-state index in [2.05, 4.69) is 107 Å². The Hall–Kier alpha value is -4.50. The van der Waals surface area contributed by atoms with Crippen LogP contribution in [-0.2, 0) is 0 Å². The summed E-state index contributed by atoms with van der Waals surface area (Å²) < 4.78 is 2.33. The number of fused-ring (bicyclic) bond motifs is 3. The van der Waals surface area contributed by atoms with Crippen LogP contribution in [0, 0.1) is 0 Å². The first-order valence-corrected chi connectivity index (χ1v) is 11.1. The van der Waals surface area contributed by atoms with Crippen LogP contribution < -0.4 is 11.1 Å². The first-order chi connectivity index (χ1) is 16.3. The van der Waals surface area contributed by atoms with E-state index < -0.39 is 0 Å². The molecule has 6 aromatic rings. The minimum absolute atomic E-state index is 0.779. The van der Waals surface area contributed by atoms with Gasteiger partial charge < -0.3 is 15.6 Å². The molecule has 0 saturated heterocycles. The van der Waals surface area contributed by atoms with Crippen molar-refractivity contribution >= 4 is 38.9 Å². The highest BCUT2D eigenvalue weighted by Gasteiger charge is 2.12. The Labute approximate surface area is 192 Å². The lowest BCUT2D eigenvalue weighted by molar-refractivity contribution is 1.18. The van der Waals surface area contributed by atoms with Crippen molar-refractivity contribution in [3.63, 3.8) is 0 Å². The van der Waals surface area contributed by atoms with Crippen molar-refractivity contribution in [2.75, 3.05) is 11.1 Å². The van der Waals surface area contributed by atoms with E-state index in [1.54, 1.807) is 0 Å². The van der Waals surface area contributed by atoms with Gasteiger partial charge in [-0.25, -0.2) is 0 Å². The number of benzene rings is 5. The van der Waals surface area contributed by atoms with Crippen molar-refractivity contribution in [2.24, 2.45) is 0 Å². The van der Waals surface area contributed by atoms with Gasteiger partial charge in [0.25, 0.3) is 0 Å². The summed E-state index contributed by atoms with van der Waals surface area (Å²) in [4.78, 5) is 0. The van der Waals surface area contributed by atoms with E-state index in [-0.39, 0.29) is 0 Å². The molecule has 0 atom stereocenters. The van der Waals surface area contributed by atoms with Gasteiger partial charge in [-0.15, -0.1) is 0 Å². The molecular weight excluding hydrogens is 402 g/mol. The number of hydrogen-bond acceptors (Lipinski definition) is 2. The molecule has 0 aliphatic carbocycles. The van der Waals surface area contributed by atoms with Crippen LogP contribution in [0.3, 0.4) is 0 Å². The molecular formula is C30H23N3. The van der Waals surface area contributed by atoms with E-state index >= 15 is 0 Å². The molecule has 0 aliphatic heterocycles. The third-order valence-electron chi connectivity index (χ3n) is 6.10. The fourth-order valence-electron chi connectivity index (χ4n) is 4.49. The lowest BCUT2D eigenvalue weighted by atomic mass is 10.0. The zero-order valence-electron chi connectivity index (χ0n) is 18.1. The molecule has 0 spiro atoms. The van der Waals surface area contributed by atoms with Crippen LogP contribution in [0.2, 0.25) is 0 Å². The number of nitrogens with two attached hydrogens (primary N) is 1. The average Bonchev–Trinajstić information content (AvgIpc) is 3.19. The Kier molecular flexibility index (Phi) is 4.59. The monoisotopic (exact) mass is 425 g/mol. The van der Waals surface area contributed by atoms with E-state index in [4.69, 9.17) is 5.73 Å². The molecule has 3 nitrogen and oxygen atoms in total. The van der Waals surface area contributed by atoms with E-state index in [1.165, 1.54) is 33.1 Å². The van der Waals surface area contributed by atoms with Gasteiger partial charge in [0.15, 0.2) is 0 Å². The van der Waals surface area contributed by atoms with Crippen molar-refractivity contribution in [1.82, 2.24) is 4.57 Å². The Morgan fingerprint density at radius 3 is 1.88 bits per heavy atom. The van der Waals surface area contributed by atoms with Gasteiger partial charge in [0.05, 0.1) is 11.0 Å². The Morgan fingerprint density at radius 1 is 0.515 bits per heavy atom. The molecule has 0 fully saturated rings. The molecule has 5 aromatic carbocycles. The summed E-state index contributed by atoms with van der Waals surface area (Å²) in [7, 11) is 0. The summed E-state index contributed by atoms with van der Waals surface area (Å²) in [5.41, 5.74) is 14.6. The molecule has 0 aliphatic rings. The summed E-state index contributed by atoms with van der Waals surface area (Å²) in [6.45, 7) is 0. The number of para-hydroxylation sites is 2. The quantitative estimate of drug-likeness (QED) is 0.283. The second kappa shape index (κ2) is 7.88. The van der Waals surface area contributed by atoms with Crippen molar-refractivity contribution in [2.45, 2.75) is 0 Å². The summed E-state index contributed by atoms with van der Waals surface area (Å²) in [5.74, 6) is 0. The predicted octanol–water partition coefficient (Wildman–Crippen LogP) is 7.78. The van der Waals surface area contributed by atoms with Crippen LogP contribution in [0.25, 0.3) is 38.6 Å². The van der Waals surface area contributed by atoms with Crippen LogP contribution in [-0.4, -0.2) is 4.57 Å². The zero-order valence-corrected chi connectivity index (χ0v) is 18.1. The van der Waals surface area contributed by atoms with Gasteiger partial charge in [0.1, 0.15) is 0 Å². The van der Waals surface area contributed by atoms with Gasteiger partial charge >= 0.3 is 0 Å². The van der Waals surface area contributed by atoms with E-state index in [9.17, 15) is 0 Å². The van der Waals surface area contributed by atoms with Crippen LogP contribution in [0.4, 0.5) is 17.1 Å². The second-order valence-corrected chi connectivity index (χ2v) is 8.24. The maximum Gasteiger partial charge on any atom is 0.0542 e. The Balaban J connectivity index is 1.37.